The minimum Gasteiger partial charge on any atom is -0.379 e. The first-order chi connectivity index (χ1) is 24.5. The minimum absolute atomic E-state index is 0.318. The second kappa shape index (κ2) is 39.5. The first-order valence-corrected chi connectivity index (χ1v) is 20.2. The summed E-state index contributed by atoms with van der Waals surface area (Å²) in [4.78, 5) is 14.4. The third-order valence-electron chi connectivity index (χ3n) is 8.30. The van der Waals surface area contributed by atoms with Gasteiger partial charge in [-0.2, -0.15) is 0 Å². The molecule has 288 valence electrons. The van der Waals surface area contributed by atoms with Gasteiger partial charge in [-0.25, -0.2) is 0 Å². The molecule has 1 amide bonds. The minimum atomic E-state index is -0.792. The van der Waals surface area contributed by atoms with Crippen LogP contribution in [0, 0.1) is 0 Å². The highest BCUT2D eigenvalue weighted by Gasteiger charge is 2.28. The zero-order chi connectivity index (χ0) is 36.6. The van der Waals surface area contributed by atoms with E-state index in [0.29, 0.717) is 26.4 Å². The first-order valence-electron chi connectivity index (χ1n) is 20.2. The highest BCUT2D eigenvalue weighted by molar-refractivity contribution is 5.79. The lowest BCUT2D eigenvalue weighted by atomic mass is 10.1. The molecule has 0 saturated carbocycles. The highest BCUT2D eigenvalue weighted by Crippen LogP contribution is 2.12. The SMILES string of the molecule is CC/C=C\C/C=C\C/C=C\CCCCCCCCOCC(OCCN(C)C)C(OCCCCCCCC/C=C\C/C=C\C/C=C\CC)C(N)=O. The molecule has 2 atom stereocenters. The molecule has 0 saturated heterocycles. The lowest BCUT2D eigenvalue weighted by molar-refractivity contribution is -0.148. The predicted octanol–water partition coefficient (Wildman–Crippen LogP) is 11.0. The van der Waals surface area contributed by atoms with Gasteiger partial charge in [0.05, 0.1) is 13.2 Å². The summed E-state index contributed by atoms with van der Waals surface area (Å²) in [6.45, 7) is 7.07. The zero-order valence-corrected chi connectivity index (χ0v) is 32.9. The third-order valence-corrected chi connectivity index (χ3v) is 8.30. The monoisotopic (exact) mass is 699 g/mol. The molecule has 0 rings (SSSR count). The summed E-state index contributed by atoms with van der Waals surface area (Å²) in [7, 11) is 4.01. The number of hydrogen-bond donors (Lipinski definition) is 1. The standard InChI is InChI=1S/C44H78N2O4/c1-5-7-9-11-13-15-17-19-21-23-25-27-29-31-33-35-38-48-41-42(49-40-37-46(3)4)43(44(45)47)50-39-36-34-32-30-28-26-24-22-20-18-16-14-12-10-8-6-2/h7-10,13-16,19-22,42-43H,5-6,11-12,17-18,23-41H2,1-4H3,(H2,45,47)/b9-7-,10-8-,15-13-,16-14-,21-19-,22-20-. The topological polar surface area (TPSA) is 74.0 Å². The number of primary amides is 1. The van der Waals surface area contributed by atoms with Gasteiger partial charge in [-0.3, -0.25) is 4.79 Å². The molecule has 6 heteroatoms. The second-order valence-electron chi connectivity index (χ2n) is 13.4. The van der Waals surface area contributed by atoms with Crippen LogP contribution in [0.3, 0.4) is 0 Å². The Morgan fingerprint density at radius 3 is 1.42 bits per heavy atom. The zero-order valence-electron chi connectivity index (χ0n) is 32.9. The van der Waals surface area contributed by atoms with Crippen LogP contribution in [0.15, 0.2) is 72.9 Å². The van der Waals surface area contributed by atoms with Gasteiger partial charge in [-0.1, -0.05) is 138 Å². The van der Waals surface area contributed by atoms with Gasteiger partial charge in [-0.05, 0) is 91.1 Å². The fraction of sp³-hybridized carbons (Fsp3) is 0.705. The van der Waals surface area contributed by atoms with Gasteiger partial charge in [0.1, 0.15) is 6.10 Å². The van der Waals surface area contributed by atoms with Gasteiger partial charge in [0.2, 0.25) is 5.91 Å². The molecule has 0 bridgehead atoms. The molecule has 0 spiro atoms. The van der Waals surface area contributed by atoms with Crippen molar-refractivity contribution in [3.63, 3.8) is 0 Å². The normalized spacial score (nSPS) is 13.9. The van der Waals surface area contributed by atoms with Crippen LogP contribution in [-0.2, 0) is 19.0 Å². The maximum Gasteiger partial charge on any atom is 0.249 e. The van der Waals surface area contributed by atoms with Gasteiger partial charge in [0, 0.05) is 19.8 Å². The van der Waals surface area contributed by atoms with E-state index in [2.05, 4.69) is 91.7 Å². The van der Waals surface area contributed by atoms with E-state index in [-0.39, 0.29) is 0 Å². The molecule has 0 aliphatic rings. The number of likely N-dealkylation sites (N-methyl/N-ethyl adjacent to an activating group) is 1. The number of carbonyl (C=O) groups excluding carboxylic acids is 1. The number of nitrogens with two attached hydrogens (primary N) is 1. The van der Waals surface area contributed by atoms with Crippen molar-refractivity contribution in [2.75, 3.05) is 47.1 Å². The van der Waals surface area contributed by atoms with Crippen molar-refractivity contribution < 1.29 is 19.0 Å². The number of ether oxygens (including phenoxy) is 3. The number of carbonyl (C=O) groups is 1. The van der Waals surface area contributed by atoms with Crippen LogP contribution in [0.5, 0.6) is 0 Å². The number of allylic oxidation sites excluding steroid dienone is 12. The van der Waals surface area contributed by atoms with Gasteiger partial charge in [0.25, 0.3) is 0 Å². The molecular weight excluding hydrogens is 620 g/mol. The molecule has 0 aromatic carbocycles. The Balaban J connectivity index is 4.12. The van der Waals surface area contributed by atoms with E-state index in [1.165, 1.54) is 57.8 Å². The average molecular weight is 699 g/mol. The van der Waals surface area contributed by atoms with E-state index in [1.54, 1.807) is 0 Å². The smallest absolute Gasteiger partial charge is 0.249 e. The molecule has 0 fully saturated rings. The quantitative estimate of drug-likeness (QED) is 0.0516. The Hall–Kier alpha value is -2.25. The summed E-state index contributed by atoms with van der Waals surface area (Å²) in [5.74, 6) is -0.480. The summed E-state index contributed by atoms with van der Waals surface area (Å²) in [6.07, 6.45) is 48.5. The Kier molecular flexibility index (Phi) is 37.8. The van der Waals surface area contributed by atoms with Gasteiger partial charge >= 0.3 is 0 Å². The van der Waals surface area contributed by atoms with Crippen molar-refractivity contribution >= 4 is 5.91 Å². The maximum absolute atomic E-state index is 12.4. The average Bonchev–Trinajstić information content (AvgIpc) is 3.09. The Morgan fingerprint density at radius 2 is 0.960 bits per heavy atom. The lowest BCUT2D eigenvalue weighted by Gasteiger charge is -2.26. The van der Waals surface area contributed by atoms with E-state index in [4.69, 9.17) is 19.9 Å². The molecule has 0 aromatic rings. The largest absolute Gasteiger partial charge is 0.379 e. The molecule has 0 aliphatic heterocycles. The fourth-order valence-electron chi connectivity index (χ4n) is 5.29. The van der Waals surface area contributed by atoms with Crippen LogP contribution in [0.2, 0.25) is 0 Å². The summed E-state index contributed by atoms with van der Waals surface area (Å²) >= 11 is 0. The molecule has 0 heterocycles. The number of amides is 1. The van der Waals surface area contributed by atoms with Crippen LogP contribution < -0.4 is 5.73 Å². The van der Waals surface area contributed by atoms with Crippen LogP contribution in [0.25, 0.3) is 0 Å². The maximum atomic E-state index is 12.4. The predicted molar refractivity (Wildman–Crippen MR) is 217 cm³/mol. The summed E-state index contributed by atoms with van der Waals surface area (Å²) in [6, 6.07) is 0. The van der Waals surface area contributed by atoms with E-state index in [1.807, 2.05) is 14.1 Å². The fourth-order valence-corrected chi connectivity index (χ4v) is 5.29. The van der Waals surface area contributed by atoms with Gasteiger partial charge < -0.3 is 24.8 Å². The highest BCUT2D eigenvalue weighted by atomic mass is 16.6. The van der Waals surface area contributed by atoms with Crippen molar-refractivity contribution in [1.82, 2.24) is 4.90 Å². The van der Waals surface area contributed by atoms with E-state index in [9.17, 15) is 4.79 Å². The van der Waals surface area contributed by atoms with Crippen LogP contribution in [0.4, 0.5) is 0 Å². The van der Waals surface area contributed by atoms with Crippen molar-refractivity contribution in [3.05, 3.63) is 72.9 Å². The summed E-state index contributed by atoms with van der Waals surface area (Å²) in [5.41, 5.74) is 5.78. The van der Waals surface area contributed by atoms with Gasteiger partial charge in [0.15, 0.2) is 6.10 Å². The van der Waals surface area contributed by atoms with Crippen molar-refractivity contribution in [3.8, 4) is 0 Å². The van der Waals surface area contributed by atoms with E-state index < -0.39 is 18.1 Å². The number of hydrogen-bond acceptors (Lipinski definition) is 5. The molecule has 6 nitrogen and oxygen atoms in total. The second-order valence-corrected chi connectivity index (χ2v) is 13.4. The van der Waals surface area contributed by atoms with Crippen LogP contribution >= 0.6 is 0 Å². The molecule has 50 heavy (non-hydrogen) atoms. The van der Waals surface area contributed by atoms with E-state index >= 15 is 0 Å². The summed E-state index contributed by atoms with van der Waals surface area (Å²) < 4.78 is 18.1. The molecular formula is C44H78N2O4. The Bertz CT molecular complexity index is 906. The van der Waals surface area contributed by atoms with Crippen LogP contribution in [0.1, 0.15) is 142 Å². The molecule has 0 aromatic heterocycles. The number of rotatable bonds is 37. The Labute approximate surface area is 309 Å². The molecule has 0 aliphatic carbocycles. The van der Waals surface area contributed by atoms with Crippen molar-refractivity contribution in [2.24, 2.45) is 5.73 Å². The molecule has 0 radical (unpaired) electrons. The van der Waals surface area contributed by atoms with E-state index in [0.717, 1.165) is 77.2 Å². The van der Waals surface area contributed by atoms with Crippen molar-refractivity contribution in [1.29, 1.82) is 0 Å². The third kappa shape index (κ3) is 35.6. The Morgan fingerprint density at radius 1 is 0.540 bits per heavy atom. The first kappa shape index (κ1) is 47.8. The summed E-state index contributed by atoms with van der Waals surface area (Å²) in [5, 5.41) is 0. The number of unbranched alkanes of at least 4 members (excludes halogenated alkanes) is 12. The van der Waals surface area contributed by atoms with Gasteiger partial charge in [-0.15, -0.1) is 0 Å². The number of nitrogens with zero attached hydrogens (tertiary/aromatic N) is 1. The van der Waals surface area contributed by atoms with Crippen LogP contribution in [-0.4, -0.2) is 70.1 Å². The van der Waals surface area contributed by atoms with Crippen molar-refractivity contribution in [2.45, 2.75) is 154 Å². The molecule has 2 N–H and O–H groups in total. The molecule has 2 unspecified atom stereocenters. The lowest BCUT2D eigenvalue weighted by Crippen LogP contribution is -2.46.